The molecule has 1 saturated carbocycles. The van der Waals surface area contributed by atoms with E-state index in [9.17, 15) is 22.0 Å². The van der Waals surface area contributed by atoms with Crippen LogP contribution < -0.4 is 10.1 Å². The van der Waals surface area contributed by atoms with Gasteiger partial charge in [0.15, 0.2) is 21.4 Å². The fourth-order valence-corrected chi connectivity index (χ4v) is 4.30. The Bertz CT molecular complexity index is 657. The Kier molecular flexibility index (Phi) is 5.92. The first-order valence-corrected chi connectivity index (χ1v) is 9.16. The molecule has 0 radical (unpaired) electrons. The lowest BCUT2D eigenvalue weighted by atomic mass is 10.3. The molecule has 23 heavy (non-hydrogen) atoms. The summed E-state index contributed by atoms with van der Waals surface area (Å²) in [6.07, 6.45) is 2.98. The number of ether oxygens (including phenoxy) is 1. The predicted octanol–water partition coefficient (Wildman–Crippen LogP) is 1.82. The first kappa shape index (κ1) is 17.7. The van der Waals surface area contributed by atoms with Crippen LogP contribution in [0.2, 0.25) is 0 Å². The molecule has 128 valence electrons. The zero-order valence-corrected chi connectivity index (χ0v) is 13.4. The molecule has 1 N–H and O–H groups in total. The van der Waals surface area contributed by atoms with Crippen LogP contribution in [-0.2, 0) is 14.6 Å². The molecular formula is C15H19F2NO4S. The van der Waals surface area contributed by atoms with Crippen LogP contribution in [0.1, 0.15) is 25.7 Å². The summed E-state index contributed by atoms with van der Waals surface area (Å²) in [4.78, 5) is 11.7. The minimum atomic E-state index is -3.41. The van der Waals surface area contributed by atoms with E-state index in [1.54, 1.807) is 0 Å². The van der Waals surface area contributed by atoms with Crippen molar-refractivity contribution in [1.82, 2.24) is 5.32 Å². The molecule has 0 aliphatic heterocycles. The highest BCUT2D eigenvalue weighted by molar-refractivity contribution is 7.92. The van der Waals surface area contributed by atoms with Crippen LogP contribution in [0.4, 0.5) is 8.78 Å². The van der Waals surface area contributed by atoms with Crippen molar-refractivity contribution in [2.45, 2.75) is 30.9 Å². The van der Waals surface area contributed by atoms with Crippen LogP contribution in [0.15, 0.2) is 18.2 Å². The second kappa shape index (κ2) is 7.72. The maximum absolute atomic E-state index is 13.3. The monoisotopic (exact) mass is 347 g/mol. The average molecular weight is 347 g/mol. The molecule has 1 aliphatic rings. The van der Waals surface area contributed by atoms with E-state index in [1.807, 2.05) is 0 Å². The normalized spacial score (nSPS) is 15.6. The zero-order valence-electron chi connectivity index (χ0n) is 12.6. The summed E-state index contributed by atoms with van der Waals surface area (Å²) in [6, 6.07) is 2.91. The summed E-state index contributed by atoms with van der Waals surface area (Å²) in [5, 5.41) is 2.01. The molecule has 0 heterocycles. The van der Waals surface area contributed by atoms with Crippen molar-refractivity contribution in [1.29, 1.82) is 0 Å². The average Bonchev–Trinajstić information content (AvgIpc) is 3.00. The van der Waals surface area contributed by atoms with Gasteiger partial charge in [-0.2, -0.15) is 0 Å². The molecule has 2 rings (SSSR count). The Labute approximate surface area is 133 Å². The molecule has 0 aromatic heterocycles. The van der Waals surface area contributed by atoms with Gasteiger partial charge < -0.3 is 10.1 Å². The van der Waals surface area contributed by atoms with Crippen LogP contribution in [0.5, 0.6) is 5.75 Å². The summed E-state index contributed by atoms with van der Waals surface area (Å²) in [5.74, 6) is -2.80. The van der Waals surface area contributed by atoms with Crippen molar-refractivity contribution < 1.29 is 26.7 Å². The van der Waals surface area contributed by atoms with Gasteiger partial charge in [-0.3, -0.25) is 4.79 Å². The molecule has 0 atom stereocenters. The number of rotatable bonds is 7. The minimum Gasteiger partial charge on any atom is -0.489 e. The van der Waals surface area contributed by atoms with Crippen LogP contribution in [0, 0.1) is 11.6 Å². The number of hydrogen-bond donors (Lipinski definition) is 1. The first-order valence-electron chi connectivity index (χ1n) is 7.44. The van der Waals surface area contributed by atoms with E-state index in [0.29, 0.717) is 18.9 Å². The smallest absolute Gasteiger partial charge is 0.235 e. The maximum atomic E-state index is 13.3. The Balaban J connectivity index is 1.72. The third-order valence-electron chi connectivity index (χ3n) is 3.72. The second-order valence-corrected chi connectivity index (χ2v) is 7.77. The Morgan fingerprint density at radius 2 is 1.96 bits per heavy atom. The fraction of sp³-hybridized carbons (Fsp3) is 0.533. The van der Waals surface area contributed by atoms with Gasteiger partial charge in [0.25, 0.3) is 0 Å². The van der Waals surface area contributed by atoms with Gasteiger partial charge in [0, 0.05) is 6.07 Å². The van der Waals surface area contributed by atoms with E-state index in [2.05, 4.69) is 5.32 Å². The molecule has 0 bridgehead atoms. The van der Waals surface area contributed by atoms with Gasteiger partial charge in [-0.05, 0) is 25.0 Å². The molecule has 0 unspecified atom stereocenters. The molecule has 0 saturated heterocycles. The van der Waals surface area contributed by atoms with Crippen LogP contribution in [0.25, 0.3) is 0 Å². The number of hydrogen-bond acceptors (Lipinski definition) is 4. The van der Waals surface area contributed by atoms with Gasteiger partial charge in [0.2, 0.25) is 5.91 Å². The Morgan fingerprint density at radius 1 is 1.26 bits per heavy atom. The summed E-state index contributed by atoms with van der Waals surface area (Å²) in [7, 11) is -3.41. The second-order valence-electron chi connectivity index (χ2n) is 5.49. The molecule has 5 nitrogen and oxygen atoms in total. The van der Waals surface area contributed by atoms with Gasteiger partial charge in [-0.15, -0.1) is 0 Å². The largest absolute Gasteiger partial charge is 0.489 e. The lowest BCUT2D eigenvalue weighted by molar-refractivity contribution is -0.118. The number of benzene rings is 1. The number of amides is 1. The third kappa shape index (κ3) is 5.16. The number of nitrogens with one attached hydrogen (secondary N) is 1. The minimum absolute atomic E-state index is 0.0375. The highest BCUT2D eigenvalue weighted by Crippen LogP contribution is 2.25. The molecule has 1 amide bonds. The number of sulfone groups is 1. The van der Waals surface area contributed by atoms with E-state index < -0.39 is 38.4 Å². The topological polar surface area (TPSA) is 72.5 Å². The number of halogens is 2. The summed E-state index contributed by atoms with van der Waals surface area (Å²) in [5.41, 5.74) is 0. The Hall–Kier alpha value is -1.70. The lowest BCUT2D eigenvalue weighted by Gasteiger charge is -2.11. The van der Waals surface area contributed by atoms with E-state index in [-0.39, 0.29) is 18.9 Å². The van der Waals surface area contributed by atoms with E-state index >= 15 is 0 Å². The first-order chi connectivity index (χ1) is 10.9. The van der Waals surface area contributed by atoms with E-state index in [1.165, 1.54) is 0 Å². The van der Waals surface area contributed by atoms with Crippen molar-refractivity contribution in [2.75, 3.05) is 18.9 Å². The lowest BCUT2D eigenvalue weighted by Crippen LogP contribution is -2.36. The molecule has 1 aliphatic carbocycles. The molecule has 1 aromatic carbocycles. The molecule has 0 spiro atoms. The van der Waals surface area contributed by atoms with Crippen molar-refractivity contribution in [3.63, 3.8) is 0 Å². The van der Waals surface area contributed by atoms with Crippen LogP contribution in [-0.4, -0.2) is 38.5 Å². The molecule has 1 aromatic rings. The van der Waals surface area contributed by atoms with Crippen molar-refractivity contribution >= 4 is 15.7 Å². The maximum Gasteiger partial charge on any atom is 0.235 e. The third-order valence-corrected chi connectivity index (χ3v) is 5.87. The summed E-state index contributed by atoms with van der Waals surface area (Å²) in [6.45, 7) is -0.00634. The van der Waals surface area contributed by atoms with Gasteiger partial charge in [0.05, 0.1) is 11.8 Å². The SMILES string of the molecule is O=C(CS(=O)(=O)C1CCCC1)NCCOc1ccc(F)cc1F. The fourth-order valence-electron chi connectivity index (χ4n) is 2.54. The molecule has 8 heteroatoms. The highest BCUT2D eigenvalue weighted by atomic mass is 32.2. The van der Waals surface area contributed by atoms with Gasteiger partial charge in [-0.25, -0.2) is 17.2 Å². The van der Waals surface area contributed by atoms with Gasteiger partial charge in [-0.1, -0.05) is 12.8 Å². The summed E-state index contributed by atoms with van der Waals surface area (Å²) < 4.78 is 55.1. The molecular weight excluding hydrogens is 328 g/mol. The van der Waals surface area contributed by atoms with E-state index in [4.69, 9.17) is 4.74 Å². The molecule has 1 fully saturated rings. The zero-order chi connectivity index (χ0) is 16.9. The van der Waals surface area contributed by atoms with Crippen molar-refractivity contribution in [3.8, 4) is 5.75 Å². The number of carbonyl (C=O) groups excluding carboxylic acids is 1. The van der Waals surface area contributed by atoms with Crippen molar-refractivity contribution in [2.24, 2.45) is 0 Å². The standard InChI is InChI=1S/C15H19F2NO4S/c16-11-5-6-14(13(17)9-11)22-8-7-18-15(19)10-23(20,21)12-3-1-2-4-12/h5-6,9,12H,1-4,7-8,10H2,(H,18,19). The van der Waals surface area contributed by atoms with Crippen LogP contribution >= 0.6 is 0 Å². The Morgan fingerprint density at radius 3 is 2.61 bits per heavy atom. The van der Waals surface area contributed by atoms with Gasteiger partial charge in [0.1, 0.15) is 18.2 Å². The predicted molar refractivity (Wildman–Crippen MR) is 80.9 cm³/mol. The van der Waals surface area contributed by atoms with Crippen molar-refractivity contribution in [3.05, 3.63) is 29.8 Å². The van der Waals surface area contributed by atoms with Crippen LogP contribution in [0.3, 0.4) is 0 Å². The summed E-state index contributed by atoms with van der Waals surface area (Å²) >= 11 is 0. The number of carbonyl (C=O) groups is 1. The van der Waals surface area contributed by atoms with E-state index in [0.717, 1.165) is 25.0 Å². The van der Waals surface area contributed by atoms with Gasteiger partial charge >= 0.3 is 0 Å². The highest BCUT2D eigenvalue weighted by Gasteiger charge is 2.30. The quantitative estimate of drug-likeness (QED) is 0.764.